The number of hydrogen-bond acceptors (Lipinski definition) is 0. The fourth-order valence-electron chi connectivity index (χ4n) is 1.75. The number of hydrogen-bond donors (Lipinski definition) is 0. The Kier molecular flexibility index (Phi) is 2.87. The SMILES string of the molecule is [CH2]CCc1cccc2c(Br)cccc12. The molecule has 0 aliphatic heterocycles. The fourth-order valence-corrected chi connectivity index (χ4v) is 2.24. The van der Waals surface area contributed by atoms with Crippen LogP contribution in [0, 0.1) is 6.92 Å². The lowest BCUT2D eigenvalue weighted by Crippen LogP contribution is -1.85. The third kappa shape index (κ3) is 1.69. The Bertz CT molecular complexity index is 446. The number of rotatable bonds is 2. The van der Waals surface area contributed by atoms with Gasteiger partial charge in [-0.3, -0.25) is 0 Å². The summed E-state index contributed by atoms with van der Waals surface area (Å²) in [6.07, 6.45) is 2.00. The number of aryl methyl sites for hydroxylation is 1. The molecule has 0 amide bonds. The van der Waals surface area contributed by atoms with Gasteiger partial charge in [0.25, 0.3) is 0 Å². The minimum absolute atomic E-state index is 0.950. The molecule has 0 bridgehead atoms. The van der Waals surface area contributed by atoms with Crippen LogP contribution in [-0.2, 0) is 6.42 Å². The summed E-state index contributed by atoms with van der Waals surface area (Å²) in [5.74, 6) is 0. The average molecular weight is 248 g/mol. The lowest BCUT2D eigenvalue weighted by molar-refractivity contribution is 1.01. The zero-order valence-electron chi connectivity index (χ0n) is 7.96. The minimum Gasteiger partial charge on any atom is -0.0613 e. The van der Waals surface area contributed by atoms with Crippen LogP contribution in [-0.4, -0.2) is 0 Å². The molecule has 71 valence electrons. The Hall–Kier alpha value is -0.820. The van der Waals surface area contributed by atoms with E-state index in [9.17, 15) is 0 Å². The molecule has 0 atom stereocenters. The van der Waals surface area contributed by atoms with Gasteiger partial charge in [-0.25, -0.2) is 0 Å². The van der Waals surface area contributed by atoms with E-state index in [1.807, 2.05) is 0 Å². The van der Waals surface area contributed by atoms with Crippen LogP contribution in [0.4, 0.5) is 0 Å². The largest absolute Gasteiger partial charge is 0.0613 e. The maximum atomic E-state index is 3.90. The molecule has 0 fully saturated rings. The zero-order valence-corrected chi connectivity index (χ0v) is 9.55. The molecule has 1 heteroatoms. The van der Waals surface area contributed by atoms with E-state index in [2.05, 4.69) is 59.3 Å². The van der Waals surface area contributed by atoms with Gasteiger partial charge < -0.3 is 0 Å². The summed E-state index contributed by atoms with van der Waals surface area (Å²) >= 11 is 3.57. The first-order valence-corrected chi connectivity index (χ1v) is 5.57. The molecule has 0 N–H and O–H groups in total. The van der Waals surface area contributed by atoms with Gasteiger partial charge in [-0.05, 0) is 35.2 Å². The quantitative estimate of drug-likeness (QED) is 0.740. The highest BCUT2D eigenvalue weighted by atomic mass is 79.9. The zero-order chi connectivity index (χ0) is 9.97. The Morgan fingerprint density at radius 2 is 1.71 bits per heavy atom. The Labute approximate surface area is 93.1 Å². The summed E-state index contributed by atoms with van der Waals surface area (Å²) in [7, 11) is 0. The van der Waals surface area contributed by atoms with Gasteiger partial charge in [0, 0.05) is 4.47 Å². The normalized spacial score (nSPS) is 10.7. The lowest BCUT2D eigenvalue weighted by Gasteiger charge is -2.06. The van der Waals surface area contributed by atoms with Crippen LogP contribution in [0.5, 0.6) is 0 Å². The van der Waals surface area contributed by atoms with E-state index in [1.165, 1.54) is 20.8 Å². The molecule has 14 heavy (non-hydrogen) atoms. The maximum absolute atomic E-state index is 3.90. The van der Waals surface area contributed by atoms with Gasteiger partial charge in [-0.15, -0.1) is 0 Å². The number of fused-ring (bicyclic) bond motifs is 1. The summed E-state index contributed by atoms with van der Waals surface area (Å²) < 4.78 is 1.17. The lowest BCUT2D eigenvalue weighted by atomic mass is 10.0. The first-order valence-electron chi connectivity index (χ1n) is 4.78. The van der Waals surface area contributed by atoms with Crippen molar-refractivity contribution in [1.29, 1.82) is 0 Å². The Morgan fingerprint density at radius 3 is 2.50 bits per heavy atom. The molecule has 2 aromatic rings. The minimum atomic E-state index is 0.950. The molecule has 2 rings (SSSR count). The second-order valence-corrected chi connectivity index (χ2v) is 4.21. The standard InChI is InChI=1S/C13H12Br/c1-2-5-10-6-3-8-12-11(10)7-4-9-13(12)14/h3-4,6-9H,1-2,5H2. The van der Waals surface area contributed by atoms with Gasteiger partial charge in [0.2, 0.25) is 0 Å². The molecule has 0 aliphatic rings. The van der Waals surface area contributed by atoms with Crippen LogP contribution in [0.15, 0.2) is 40.9 Å². The van der Waals surface area contributed by atoms with Gasteiger partial charge in [0.1, 0.15) is 0 Å². The molecule has 0 saturated heterocycles. The Balaban J connectivity index is 2.68. The molecule has 0 aliphatic carbocycles. The van der Waals surface area contributed by atoms with E-state index in [1.54, 1.807) is 0 Å². The first-order chi connectivity index (χ1) is 6.83. The van der Waals surface area contributed by atoms with Gasteiger partial charge in [0.05, 0.1) is 0 Å². The highest BCUT2D eigenvalue weighted by molar-refractivity contribution is 9.10. The van der Waals surface area contributed by atoms with E-state index in [-0.39, 0.29) is 0 Å². The first kappa shape index (κ1) is 9.72. The number of benzene rings is 2. The maximum Gasteiger partial charge on any atom is 0.0253 e. The van der Waals surface area contributed by atoms with Crippen LogP contribution >= 0.6 is 15.9 Å². The molecular weight excluding hydrogens is 236 g/mol. The van der Waals surface area contributed by atoms with Crippen molar-refractivity contribution in [1.82, 2.24) is 0 Å². The summed E-state index contributed by atoms with van der Waals surface area (Å²) in [6, 6.07) is 12.8. The fraction of sp³-hybridized carbons (Fsp3) is 0.154. The molecule has 1 radical (unpaired) electrons. The van der Waals surface area contributed by atoms with E-state index < -0.39 is 0 Å². The van der Waals surface area contributed by atoms with Crippen LogP contribution in [0.1, 0.15) is 12.0 Å². The second kappa shape index (κ2) is 4.14. The van der Waals surface area contributed by atoms with Crippen molar-refractivity contribution < 1.29 is 0 Å². The van der Waals surface area contributed by atoms with E-state index >= 15 is 0 Å². The highest BCUT2D eigenvalue weighted by Gasteiger charge is 2.01. The Morgan fingerprint density at radius 1 is 1.00 bits per heavy atom. The highest BCUT2D eigenvalue weighted by Crippen LogP contribution is 2.26. The molecule has 0 aromatic heterocycles. The van der Waals surface area contributed by atoms with Crippen molar-refractivity contribution in [2.45, 2.75) is 12.8 Å². The van der Waals surface area contributed by atoms with E-state index in [4.69, 9.17) is 0 Å². The van der Waals surface area contributed by atoms with Gasteiger partial charge in [-0.1, -0.05) is 53.2 Å². The molecule has 0 heterocycles. The van der Waals surface area contributed by atoms with Gasteiger partial charge in [-0.2, -0.15) is 0 Å². The third-order valence-corrected chi connectivity index (χ3v) is 3.10. The van der Waals surface area contributed by atoms with Crippen LogP contribution in [0.2, 0.25) is 0 Å². The predicted octanol–water partition coefficient (Wildman–Crippen LogP) is 4.37. The van der Waals surface area contributed by atoms with E-state index in [0.717, 1.165) is 12.8 Å². The third-order valence-electron chi connectivity index (χ3n) is 2.41. The number of halogens is 1. The average Bonchev–Trinajstić information content (AvgIpc) is 2.20. The van der Waals surface area contributed by atoms with Crippen molar-refractivity contribution in [3.63, 3.8) is 0 Å². The predicted molar refractivity (Wildman–Crippen MR) is 65.3 cm³/mol. The topological polar surface area (TPSA) is 0 Å². The molecule has 0 saturated carbocycles. The van der Waals surface area contributed by atoms with Crippen LogP contribution < -0.4 is 0 Å². The van der Waals surface area contributed by atoms with Crippen molar-refractivity contribution in [3.8, 4) is 0 Å². The summed E-state index contributed by atoms with van der Waals surface area (Å²) in [6.45, 7) is 3.90. The van der Waals surface area contributed by atoms with Crippen LogP contribution in [0.3, 0.4) is 0 Å². The second-order valence-electron chi connectivity index (χ2n) is 3.36. The van der Waals surface area contributed by atoms with Crippen LogP contribution in [0.25, 0.3) is 10.8 Å². The molecule has 0 spiro atoms. The smallest absolute Gasteiger partial charge is 0.0253 e. The summed E-state index contributed by atoms with van der Waals surface area (Å²) in [5.41, 5.74) is 1.39. The van der Waals surface area contributed by atoms with Crippen molar-refractivity contribution in [2.75, 3.05) is 0 Å². The molecule has 2 aromatic carbocycles. The van der Waals surface area contributed by atoms with E-state index in [0.29, 0.717) is 0 Å². The van der Waals surface area contributed by atoms with Gasteiger partial charge >= 0.3 is 0 Å². The molecule has 0 unspecified atom stereocenters. The molecular formula is C13H12Br. The molecule has 0 nitrogen and oxygen atoms in total. The van der Waals surface area contributed by atoms with Crippen molar-refractivity contribution in [3.05, 3.63) is 53.4 Å². The van der Waals surface area contributed by atoms with Crippen molar-refractivity contribution >= 4 is 26.7 Å². The monoisotopic (exact) mass is 247 g/mol. The summed E-state index contributed by atoms with van der Waals surface area (Å²) in [5, 5.41) is 2.63. The van der Waals surface area contributed by atoms with Gasteiger partial charge in [0.15, 0.2) is 0 Å². The van der Waals surface area contributed by atoms with Crippen molar-refractivity contribution in [2.24, 2.45) is 0 Å². The summed E-state index contributed by atoms with van der Waals surface area (Å²) in [4.78, 5) is 0.